The molecule has 0 saturated carbocycles. The average molecular weight is 228 g/mol. The molecule has 1 heterocycles. The van der Waals surface area contributed by atoms with Gasteiger partial charge in [-0.2, -0.15) is 13.5 Å². The highest BCUT2D eigenvalue weighted by Crippen LogP contribution is 2.16. The maximum Gasteiger partial charge on any atom is 0.387 e. The molecule has 0 aliphatic heterocycles. The van der Waals surface area contributed by atoms with Gasteiger partial charge in [-0.1, -0.05) is 6.07 Å². The highest BCUT2D eigenvalue weighted by molar-refractivity contribution is 5.37. The van der Waals surface area contributed by atoms with Crippen LogP contribution < -0.4 is 10.4 Å². The molecule has 84 valence electrons. The molecule has 2 aromatic rings. The number of hydrogen-bond donors (Lipinski definition) is 1. The molecule has 8 heteroatoms. The van der Waals surface area contributed by atoms with E-state index in [1.54, 1.807) is 0 Å². The van der Waals surface area contributed by atoms with E-state index in [2.05, 4.69) is 20.3 Å². The molecule has 2 rings (SSSR count). The Kier molecular flexibility index (Phi) is 2.63. The molecule has 1 N–H and O–H groups in total. The van der Waals surface area contributed by atoms with Crippen molar-refractivity contribution in [1.82, 2.24) is 20.2 Å². The number of benzene rings is 1. The average Bonchev–Trinajstić information content (AvgIpc) is 2.64. The lowest BCUT2D eigenvalue weighted by molar-refractivity contribution is -0.0498. The predicted octanol–water partition coefficient (Wildman–Crippen LogP) is 0.557. The minimum Gasteiger partial charge on any atom is -0.435 e. The lowest BCUT2D eigenvalue weighted by Gasteiger charge is -2.05. The van der Waals surface area contributed by atoms with E-state index in [0.29, 0.717) is 0 Å². The normalized spacial score (nSPS) is 10.7. The van der Waals surface area contributed by atoms with E-state index in [-0.39, 0.29) is 11.4 Å². The van der Waals surface area contributed by atoms with Gasteiger partial charge in [-0.25, -0.2) is 9.89 Å². The topological polar surface area (TPSA) is 72.8 Å². The summed E-state index contributed by atoms with van der Waals surface area (Å²) in [5.74, 6) is -0.0533. The number of halogens is 2. The zero-order chi connectivity index (χ0) is 11.5. The number of rotatable bonds is 3. The van der Waals surface area contributed by atoms with Gasteiger partial charge >= 0.3 is 12.3 Å². The summed E-state index contributed by atoms with van der Waals surface area (Å²) in [6.07, 6.45) is 0. The van der Waals surface area contributed by atoms with Crippen molar-refractivity contribution in [2.75, 3.05) is 0 Å². The number of tetrazole rings is 1. The van der Waals surface area contributed by atoms with Crippen LogP contribution in [-0.2, 0) is 0 Å². The highest BCUT2D eigenvalue weighted by Gasteiger charge is 2.07. The number of nitrogens with zero attached hydrogens (tertiary/aromatic N) is 3. The number of alkyl halides is 2. The van der Waals surface area contributed by atoms with Crippen molar-refractivity contribution in [3.05, 3.63) is 34.7 Å². The van der Waals surface area contributed by atoms with Crippen LogP contribution in [0, 0.1) is 0 Å². The Labute approximate surface area is 87.4 Å². The van der Waals surface area contributed by atoms with Gasteiger partial charge in [0, 0.05) is 6.07 Å². The summed E-state index contributed by atoms with van der Waals surface area (Å²) >= 11 is 0. The fraction of sp³-hybridized carbons (Fsp3) is 0.125. The summed E-state index contributed by atoms with van der Waals surface area (Å²) in [6.45, 7) is -2.91. The smallest absolute Gasteiger partial charge is 0.387 e. The number of nitrogens with one attached hydrogen (secondary N) is 1. The summed E-state index contributed by atoms with van der Waals surface area (Å²) in [5, 5.41) is 8.82. The van der Waals surface area contributed by atoms with E-state index >= 15 is 0 Å². The van der Waals surface area contributed by atoms with Crippen LogP contribution in [0.4, 0.5) is 8.78 Å². The maximum atomic E-state index is 11.9. The maximum absolute atomic E-state index is 11.9. The van der Waals surface area contributed by atoms with Gasteiger partial charge in [-0.3, -0.25) is 0 Å². The zero-order valence-electron chi connectivity index (χ0n) is 7.80. The second-order valence-electron chi connectivity index (χ2n) is 2.79. The third-order valence-electron chi connectivity index (χ3n) is 1.76. The van der Waals surface area contributed by atoms with Gasteiger partial charge in [0.15, 0.2) is 0 Å². The Morgan fingerprint density at radius 3 is 2.88 bits per heavy atom. The Balaban J connectivity index is 2.36. The van der Waals surface area contributed by atoms with Crippen LogP contribution in [0.15, 0.2) is 29.1 Å². The largest absolute Gasteiger partial charge is 0.435 e. The first-order valence-electron chi connectivity index (χ1n) is 4.22. The van der Waals surface area contributed by atoms with E-state index in [0.717, 1.165) is 4.68 Å². The molecular formula is C8H6F2N4O2. The number of aromatic amines is 1. The molecule has 0 spiro atoms. The molecule has 0 radical (unpaired) electrons. The second-order valence-corrected chi connectivity index (χ2v) is 2.79. The molecule has 0 fully saturated rings. The molecule has 0 aliphatic rings. The van der Waals surface area contributed by atoms with Crippen molar-refractivity contribution >= 4 is 0 Å². The first kappa shape index (κ1) is 10.3. The van der Waals surface area contributed by atoms with Crippen molar-refractivity contribution in [2.24, 2.45) is 0 Å². The molecule has 0 bridgehead atoms. The molecule has 0 atom stereocenters. The van der Waals surface area contributed by atoms with Crippen molar-refractivity contribution in [2.45, 2.75) is 6.61 Å². The molecule has 0 aliphatic carbocycles. The van der Waals surface area contributed by atoms with E-state index in [4.69, 9.17) is 0 Å². The number of ether oxygens (including phenoxy) is 1. The number of aromatic nitrogens is 4. The lowest BCUT2D eigenvalue weighted by atomic mass is 10.3. The lowest BCUT2D eigenvalue weighted by Crippen LogP contribution is -2.16. The highest BCUT2D eigenvalue weighted by atomic mass is 19.3. The molecule has 0 unspecified atom stereocenters. The van der Waals surface area contributed by atoms with Gasteiger partial charge in [-0.15, -0.1) is 0 Å². The minimum atomic E-state index is -2.91. The summed E-state index contributed by atoms with van der Waals surface area (Å²) in [7, 11) is 0. The first-order chi connectivity index (χ1) is 7.66. The predicted molar refractivity (Wildman–Crippen MR) is 48.6 cm³/mol. The van der Waals surface area contributed by atoms with E-state index in [1.807, 2.05) is 0 Å². The molecular weight excluding hydrogens is 222 g/mol. The second kappa shape index (κ2) is 4.09. The van der Waals surface area contributed by atoms with Crippen molar-refractivity contribution in [1.29, 1.82) is 0 Å². The molecule has 0 amide bonds. The SMILES string of the molecule is O=c1[nH]nnn1-c1cccc(OC(F)F)c1. The standard InChI is InChI=1S/C8H6F2N4O2/c9-7(10)16-6-3-1-2-5(4-6)14-8(15)11-12-13-14/h1-4,7H,(H,11,13,15). The minimum absolute atomic E-state index is 0.0533. The molecule has 16 heavy (non-hydrogen) atoms. The van der Waals surface area contributed by atoms with Crippen LogP contribution in [0.3, 0.4) is 0 Å². The Bertz CT molecular complexity index is 537. The Hall–Kier alpha value is -2.25. The van der Waals surface area contributed by atoms with Gasteiger partial charge in [0.25, 0.3) is 0 Å². The van der Waals surface area contributed by atoms with Gasteiger partial charge in [0.05, 0.1) is 5.69 Å². The fourth-order valence-electron chi connectivity index (χ4n) is 1.16. The van der Waals surface area contributed by atoms with Crippen molar-refractivity contribution in [3.63, 3.8) is 0 Å². The summed E-state index contributed by atoms with van der Waals surface area (Å²) in [4.78, 5) is 11.1. The van der Waals surface area contributed by atoms with Crippen molar-refractivity contribution < 1.29 is 13.5 Å². The van der Waals surface area contributed by atoms with Crippen LogP contribution in [0.5, 0.6) is 5.75 Å². The van der Waals surface area contributed by atoms with E-state index in [9.17, 15) is 13.6 Å². The fourth-order valence-corrected chi connectivity index (χ4v) is 1.16. The monoisotopic (exact) mass is 228 g/mol. The van der Waals surface area contributed by atoms with E-state index in [1.165, 1.54) is 24.3 Å². The van der Waals surface area contributed by atoms with Gasteiger partial charge in [0.1, 0.15) is 5.75 Å². The molecule has 0 saturated heterocycles. The summed E-state index contributed by atoms with van der Waals surface area (Å²) in [6, 6.07) is 5.59. The van der Waals surface area contributed by atoms with Crippen LogP contribution in [-0.4, -0.2) is 26.8 Å². The van der Waals surface area contributed by atoms with Gasteiger partial charge in [0.2, 0.25) is 0 Å². The van der Waals surface area contributed by atoms with E-state index < -0.39 is 12.3 Å². The van der Waals surface area contributed by atoms with Crippen LogP contribution in [0.2, 0.25) is 0 Å². The van der Waals surface area contributed by atoms with Crippen LogP contribution >= 0.6 is 0 Å². The third kappa shape index (κ3) is 2.05. The van der Waals surface area contributed by atoms with Crippen molar-refractivity contribution in [3.8, 4) is 11.4 Å². The number of hydrogen-bond acceptors (Lipinski definition) is 4. The zero-order valence-corrected chi connectivity index (χ0v) is 7.80. The van der Waals surface area contributed by atoms with Crippen LogP contribution in [0.1, 0.15) is 0 Å². The molecule has 1 aromatic heterocycles. The summed E-state index contributed by atoms with van der Waals surface area (Å²) in [5.41, 5.74) is -0.272. The molecule has 1 aromatic carbocycles. The summed E-state index contributed by atoms with van der Waals surface area (Å²) < 4.78 is 29.0. The number of H-pyrrole nitrogens is 1. The third-order valence-corrected chi connectivity index (χ3v) is 1.76. The molecule has 6 nitrogen and oxygen atoms in total. The Morgan fingerprint density at radius 2 is 2.25 bits per heavy atom. The van der Waals surface area contributed by atoms with Gasteiger partial charge < -0.3 is 4.74 Å². The van der Waals surface area contributed by atoms with Gasteiger partial charge in [-0.05, 0) is 22.6 Å². The quantitative estimate of drug-likeness (QED) is 0.832. The first-order valence-corrected chi connectivity index (χ1v) is 4.22. The Morgan fingerprint density at radius 1 is 1.44 bits per heavy atom. The van der Waals surface area contributed by atoms with Crippen LogP contribution in [0.25, 0.3) is 5.69 Å².